The number of Topliss-reactive ketones (excluding diaryl/α,β-unsaturated/α-hetero) is 1. The molecule has 2 heterocycles. The summed E-state index contributed by atoms with van der Waals surface area (Å²) in [5.41, 5.74) is 3.04. The van der Waals surface area contributed by atoms with E-state index in [0.29, 0.717) is 30.8 Å². The number of amides is 1. The summed E-state index contributed by atoms with van der Waals surface area (Å²) in [7, 11) is 0. The lowest BCUT2D eigenvalue weighted by molar-refractivity contribution is 0.0955. The lowest BCUT2D eigenvalue weighted by Gasteiger charge is -2.08. The van der Waals surface area contributed by atoms with Gasteiger partial charge in [0, 0.05) is 25.7 Å². The summed E-state index contributed by atoms with van der Waals surface area (Å²) in [5, 5.41) is 2.78. The summed E-state index contributed by atoms with van der Waals surface area (Å²) in [6, 6.07) is 9.94. The SMILES string of the molecule is Cc1cn(Cc2ccccc2)c2c1C(=O)NCCC2=O. The molecule has 0 fully saturated rings. The Morgan fingerprint density at radius 2 is 1.95 bits per heavy atom. The fourth-order valence-corrected chi connectivity index (χ4v) is 2.68. The Morgan fingerprint density at radius 1 is 1.20 bits per heavy atom. The van der Waals surface area contributed by atoms with Crippen molar-refractivity contribution in [2.75, 3.05) is 6.54 Å². The average Bonchev–Trinajstić information content (AvgIpc) is 2.67. The summed E-state index contributed by atoms with van der Waals surface area (Å²) in [5.74, 6) is -0.113. The third-order valence-electron chi connectivity index (χ3n) is 3.59. The second-order valence-electron chi connectivity index (χ2n) is 5.08. The number of nitrogens with zero attached hydrogens (tertiary/aromatic N) is 1. The van der Waals surface area contributed by atoms with Gasteiger partial charge in [0.15, 0.2) is 5.78 Å². The number of rotatable bonds is 2. The van der Waals surface area contributed by atoms with Crippen LogP contribution in [0.1, 0.15) is 38.4 Å². The Morgan fingerprint density at radius 3 is 2.70 bits per heavy atom. The van der Waals surface area contributed by atoms with Crippen molar-refractivity contribution in [1.29, 1.82) is 0 Å². The molecule has 1 aliphatic heterocycles. The second kappa shape index (κ2) is 4.96. The van der Waals surface area contributed by atoms with E-state index in [9.17, 15) is 9.59 Å². The van der Waals surface area contributed by atoms with Crippen molar-refractivity contribution in [2.45, 2.75) is 19.9 Å². The van der Waals surface area contributed by atoms with Gasteiger partial charge in [0.05, 0.1) is 11.3 Å². The van der Waals surface area contributed by atoms with Crippen LogP contribution >= 0.6 is 0 Å². The van der Waals surface area contributed by atoms with E-state index in [2.05, 4.69) is 5.32 Å². The standard InChI is InChI=1S/C16H16N2O2/c1-11-9-18(10-12-5-3-2-4-6-12)15-13(19)7-8-17-16(20)14(11)15/h2-6,9H,7-8,10H2,1H3,(H,17,20). The Labute approximate surface area is 117 Å². The summed E-state index contributed by atoms with van der Waals surface area (Å²) >= 11 is 0. The van der Waals surface area contributed by atoms with Crippen LogP contribution in [0.4, 0.5) is 0 Å². The minimum Gasteiger partial charge on any atom is -0.352 e. The molecular weight excluding hydrogens is 252 g/mol. The predicted molar refractivity (Wildman–Crippen MR) is 76.0 cm³/mol. The number of aryl methyl sites for hydroxylation is 1. The summed E-state index contributed by atoms with van der Waals surface area (Å²) in [4.78, 5) is 24.3. The third kappa shape index (κ3) is 2.13. The molecule has 1 amide bonds. The van der Waals surface area contributed by atoms with Gasteiger partial charge >= 0.3 is 0 Å². The van der Waals surface area contributed by atoms with Crippen LogP contribution in [0.2, 0.25) is 0 Å². The molecule has 1 N–H and O–H groups in total. The van der Waals surface area contributed by atoms with Crippen LogP contribution in [0.25, 0.3) is 0 Å². The second-order valence-corrected chi connectivity index (χ2v) is 5.08. The van der Waals surface area contributed by atoms with Gasteiger partial charge in [-0.1, -0.05) is 30.3 Å². The number of ketones is 1. The summed E-state index contributed by atoms with van der Waals surface area (Å²) in [6.45, 7) is 2.89. The zero-order chi connectivity index (χ0) is 14.1. The maximum Gasteiger partial charge on any atom is 0.253 e. The highest BCUT2D eigenvalue weighted by atomic mass is 16.2. The van der Waals surface area contributed by atoms with Crippen molar-refractivity contribution in [2.24, 2.45) is 0 Å². The van der Waals surface area contributed by atoms with E-state index in [0.717, 1.165) is 11.1 Å². The number of carbonyl (C=O) groups is 2. The van der Waals surface area contributed by atoms with Gasteiger partial charge < -0.3 is 9.88 Å². The molecule has 0 unspecified atom stereocenters. The molecular formula is C16H16N2O2. The molecule has 4 nitrogen and oxygen atoms in total. The van der Waals surface area contributed by atoms with Gasteiger partial charge in [-0.3, -0.25) is 9.59 Å². The van der Waals surface area contributed by atoms with Crippen molar-refractivity contribution in [3.63, 3.8) is 0 Å². The fourth-order valence-electron chi connectivity index (χ4n) is 2.68. The van der Waals surface area contributed by atoms with Crippen LogP contribution < -0.4 is 5.32 Å². The predicted octanol–water partition coefficient (Wildman–Crippen LogP) is 2.16. The average molecular weight is 268 g/mol. The molecule has 1 aliphatic rings. The first-order valence-electron chi connectivity index (χ1n) is 6.72. The number of hydrogen-bond acceptors (Lipinski definition) is 2. The molecule has 4 heteroatoms. The molecule has 0 radical (unpaired) electrons. The molecule has 0 bridgehead atoms. The van der Waals surface area contributed by atoms with E-state index >= 15 is 0 Å². The molecule has 0 aliphatic carbocycles. The molecule has 102 valence electrons. The number of hydrogen-bond donors (Lipinski definition) is 1. The number of fused-ring (bicyclic) bond motifs is 1. The quantitative estimate of drug-likeness (QED) is 0.907. The number of aromatic nitrogens is 1. The van der Waals surface area contributed by atoms with E-state index in [1.165, 1.54) is 0 Å². The zero-order valence-electron chi connectivity index (χ0n) is 11.3. The topological polar surface area (TPSA) is 51.1 Å². The summed E-state index contributed by atoms with van der Waals surface area (Å²) < 4.78 is 1.90. The minimum atomic E-state index is -0.143. The zero-order valence-corrected chi connectivity index (χ0v) is 11.3. The Bertz CT molecular complexity index is 671. The van der Waals surface area contributed by atoms with Crippen LogP contribution in [-0.2, 0) is 6.54 Å². The molecule has 0 saturated heterocycles. The van der Waals surface area contributed by atoms with E-state index in [1.54, 1.807) is 0 Å². The van der Waals surface area contributed by atoms with Gasteiger partial charge in [0.2, 0.25) is 0 Å². The van der Waals surface area contributed by atoms with Gasteiger partial charge in [-0.15, -0.1) is 0 Å². The Kier molecular flexibility index (Phi) is 3.14. The van der Waals surface area contributed by atoms with Gasteiger partial charge in [0.1, 0.15) is 0 Å². The minimum absolute atomic E-state index is 0.0300. The molecule has 0 spiro atoms. The van der Waals surface area contributed by atoms with Crippen molar-refractivity contribution in [3.8, 4) is 0 Å². The van der Waals surface area contributed by atoms with Crippen LogP contribution in [0.5, 0.6) is 0 Å². The molecule has 0 saturated carbocycles. The number of benzene rings is 1. The number of nitrogens with one attached hydrogen (secondary N) is 1. The van der Waals surface area contributed by atoms with Gasteiger partial charge in [0.25, 0.3) is 5.91 Å². The Balaban J connectivity index is 2.07. The van der Waals surface area contributed by atoms with Gasteiger partial charge in [-0.05, 0) is 18.1 Å². The largest absolute Gasteiger partial charge is 0.352 e. The smallest absolute Gasteiger partial charge is 0.253 e. The van der Waals surface area contributed by atoms with Gasteiger partial charge in [-0.25, -0.2) is 0 Å². The van der Waals surface area contributed by atoms with Crippen LogP contribution in [0.3, 0.4) is 0 Å². The first-order valence-corrected chi connectivity index (χ1v) is 6.72. The molecule has 1 aromatic carbocycles. The highest BCUT2D eigenvalue weighted by molar-refractivity contribution is 6.09. The fraction of sp³-hybridized carbons (Fsp3) is 0.250. The highest BCUT2D eigenvalue weighted by Crippen LogP contribution is 2.22. The molecule has 20 heavy (non-hydrogen) atoms. The van der Waals surface area contributed by atoms with E-state index < -0.39 is 0 Å². The van der Waals surface area contributed by atoms with Gasteiger partial charge in [-0.2, -0.15) is 0 Å². The maximum atomic E-state index is 12.3. The normalized spacial score (nSPS) is 14.7. The van der Waals surface area contributed by atoms with Crippen LogP contribution in [0.15, 0.2) is 36.5 Å². The summed E-state index contributed by atoms with van der Waals surface area (Å²) in [6.07, 6.45) is 2.25. The van der Waals surface area contributed by atoms with Crippen molar-refractivity contribution in [3.05, 3.63) is 58.9 Å². The van der Waals surface area contributed by atoms with E-state index in [4.69, 9.17) is 0 Å². The van der Waals surface area contributed by atoms with Crippen LogP contribution in [0, 0.1) is 6.92 Å². The van der Waals surface area contributed by atoms with Crippen molar-refractivity contribution >= 4 is 11.7 Å². The van der Waals surface area contributed by atoms with Crippen molar-refractivity contribution in [1.82, 2.24) is 9.88 Å². The first-order chi connectivity index (χ1) is 9.66. The lowest BCUT2D eigenvalue weighted by Crippen LogP contribution is -2.22. The molecule has 1 aromatic heterocycles. The molecule has 3 rings (SSSR count). The maximum absolute atomic E-state index is 12.3. The first kappa shape index (κ1) is 12.7. The molecule has 2 aromatic rings. The third-order valence-corrected chi connectivity index (χ3v) is 3.59. The van der Waals surface area contributed by atoms with E-state index in [-0.39, 0.29) is 11.7 Å². The monoisotopic (exact) mass is 268 g/mol. The van der Waals surface area contributed by atoms with Crippen molar-refractivity contribution < 1.29 is 9.59 Å². The Hall–Kier alpha value is -2.36. The van der Waals surface area contributed by atoms with Crippen LogP contribution in [-0.4, -0.2) is 22.8 Å². The molecule has 0 atom stereocenters. The number of carbonyl (C=O) groups excluding carboxylic acids is 2. The highest BCUT2D eigenvalue weighted by Gasteiger charge is 2.27. The lowest BCUT2D eigenvalue weighted by atomic mass is 10.1. The van der Waals surface area contributed by atoms with E-state index in [1.807, 2.05) is 48.0 Å².